The molecule has 1 aliphatic heterocycles. The fraction of sp³-hybridized carbons (Fsp3) is 0.0769. The number of aromatic nitrogens is 1. The van der Waals surface area contributed by atoms with E-state index in [4.69, 9.17) is 13.6 Å². The SMILES string of the molecule is C1=Cc2c(c3ccccc3n2-c2cccc(-c3ccc(N(c4ccc(-c5cccc(-c6cccc7c6oc6ccccc67)c5)cc4)c4ccc(C5C=CC6=C(C5)C5C=C(c7ccc8oc9ccccc9c8c7)C=CC5O6)cc4)cc3)c2)CC1. The zero-order valence-electron chi connectivity index (χ0n) is 45.5. The summed E-state index contributed by atoms with van der Waals surface area (Å²) in [4.78, 5) is 2.38. The number of allylic oxidation sites excluding steroid dienone is 5. The van der Waals surface area contributed by atoms with Crippen LogP contribution in [0.1, 0.15) is 41.1 Å². The normalized spacial score (nSPS) is 17.1. The van der Waals surface area contributed by atoms with Crippen molar-refractivity contribution < 1.29 is 13.6 Å². The quantitative estimate of drug-likeness (QED) is 0.144. The Morgan fingerprint density at radius 3 is 1.89 bits per heavy atom. The predicted octanol–water partition coefficient (Wildman–Crippen LogP) is 20.8. The van der Waals surface area contributed by atoms with E-state index in [2.05, 4.69) is 258 Å². The molecule has 10 aromatic carbocycles. The number of aryl methyl sites for hydroxylation is 1. The van der Waals surface area contributed by atoms with E-state index in [1.165, 1.54) is 61.2 Å². The summed E-state index contributed by atoms with van der Waals surface area (Å²) in [6, 6.07) is 83.6. The van der Waals surface area contributed by atoms with Crippen LogP contribution in [0.25, 0.3) is 105 Å². The van der Waals surface area contributed by atoms with E-state index in [0.717, 1.165) is 108 Å². The summed E-state index contributed by atoms with van der Waals surface area (Å²) >= 11 is 0. The molecule has 3 unspecified atom stereocenters. The molecule has 5 nitrogen and oxygen atoms in total. The van der Waals surface area contributed by atoms with Gasteiger partial charge in [-0.1, -0.05) is 170 Å². The molecule has 394 valence electrons. The summed E-state index contributed by atoms with van der Waals surface area (Å²) in [5.74, 6) is 1.40. The lowest BCUT2D eigenvalue weighted by atomic mass is 9.79. The average Bonchev–Trinajstić information content (AvgIpc) is 3.43. The molecule has 3 aromatic heterocycles. The maximum atomic E-state index is 6.62. The highest BCUT2D eigenvalue weighted by molar-refractivity contribution is 6.10. The highest BCUT2D eigenvalue weighted by atomic mass is 16.5. The van der Waals surface area contributed by atoms with Crippen molar-refractivity contribution in [1.82, 2.24) is 4.57 Å². The van der Waals surface area contributed by atoms with E-state index in [1.807, 2.05) is 24.3 Å². The Morgan fingerprint density at radius 1 is 0.458 bits per heavy atom. The van der Waals surface area contributed by atoms with Gasteiger partial charge in [0.15, 0.2) is 0 Å². The molecule has 3 aliphatic carbocycles. The second kappa shape index (κ2) is 19.1. The third-order valence-corrected chi connectivity index (χ3v) is 17.8. The molecule has 5 heteroatoms. The largest absolute Gasteiger partial charge is 0.485 e. The van der Waals surface area contributed by atoms with Crippen LogP contribution < -0.4 is 4.90 Å². The van der Waals surface area contributed by atoms with Crippen molar-refractivity contribution in [3.63, 3.8) is 0 Å². The highest BCUT2D eigenvalue weighted by Crippen LogP contribution is 2.48. The van der Waals surface area contributed by atoms with Gasteiger partial charge in [-0.25, -0.2) is 0 Å². The molecule has 0 radical (unpaired) electrons. The molecule has 0 fully saturated rings. The first-order valence-electron chi connectivity index (χ1n) is 29.0. The Bertz CT molecular complexity index is 4920. The number of hydrogen-bond acceptors (Lipinski definition) is 4. The lowest BCUT2D eigenvalue weighted by Crippen LogP contribution is -2.18. The Hall–Kier alpha value is -10.4. The zero-order chi connectivity index (χ0) is 54.5. The molecule has 83 heavy (non-hydrogen) atoms. The second-order valence-electron chi connectivity index (χ2n) is 22.5. The number of nitrogens with zero attached hydrogens (tertiary/aromatic N) is 2. The van der Waals surface area contributed by atoms with Gasteiger partial charge in [-0.3, -0.25) is 0 Å². The van der Waals surface area contributed by atoms with Crippen LogP contribution >= 0.6 is 0 Å². The first-order chi connectivity index (χ1) is 41.1. The van der Waals surface area contributed by atoms with Crippen LogP contribution in [-0.4, -0.2) is 10.7 Å². The van der Waals surface area contributed by atoms with Gasteiger partial charge in [0.05, 0.1) is 5.52 Å². The van der Waals surface area contributed by atoms with E-state index < -0.39 is 0 Å². The Morgan fingerprint density at radius 2 is 1.10 bits per heavy atom. The average molecular weight is 1070 g/mol. The third kappa shape index (κ3) is 7.98. The van der Waals surface area contributed by atoms with E-state index in [9.17, 15) is 0 Å². The first-order valence-corrected chi connectivity index (χ1v) is 29.0. The number of rotatable bonds is 9. The number of para-hydroxylation sites is 4. The van der Waals surface area contributed by atoms with Crippen molar-refractivity contribution in [2.24, 2.45) is 5.92 Å². The van der Waals surface area contributed by atoms with Gasteiger partial charge in [-0.05, 0) is 178 Å². The summed E-state index contributed by atoms with van der Waals surface area (Å²) in [5, 5.41) is 5.89. The lowest BCUT2D eigenvalue weighted by Gasteiger charge is -2.27. The second-order valence-corrected chi connectivity index (χ2v) is 22.5. The molecule has 13 aromatic rings. The van der Waals surface area contributed by atoms with Gasteiger partial charge < -0.3 is 23.0 Å². The summed E-state index contributed by atoms with van der Waals surface area (Å²) in [6.07, 6.45) is 19.1. The van der Waals surface area contributed by atoms with E-state index in [0.29, 0.717) is 0 Å². The number of hydrogen-bond donors (Lipinski definition) is 0. The lowest BCUT2D eigenvalue weighted by molar-refractivity contribution is 0.174. The molecule has 0 amide bonds. The van der Waals surface area contributed by atoms with Crippen molar-refractivity contribution in [3.05, 3.63) is 301 Å². The van der Waals surface area contributed by atoms with Gasteiger partial charge in [-0.15, -0.1) is 0 Å². The molecule has 3 atom stereocenters. The maximum absolute atomic E-state index is 6.62. The number of ether oxygens (including phenoxy) is 1. The number of fused-ring (bicyclic) bond motifs is 11. The summed E-state index contributed by atoms with van der Waals surface area (Å²) in [6.45, 7) is 0. The van der Waals surface area contributed by atoms with Gasteiger partial charge in [0.25, 0.3) is 0 Å². The van der Waals surface area contributed by atoms with E-state index in [-0.39, 0.29) is 17.9 Å². The van der Waals surface area contributed by atoms with Crippen LogP contribution in [-0.2, 0) is 11.2 Å². The summed E-state index contributed by atoms with van der Waals surface area (Å²) < 4.78 is 21.7. The minimum absolute atomic E-state index is 0.00720. The summed E-state index contributed by atoms with van der Waals surface area (Å²) in [5.41, 5.74) is 23.9. The van der Waals surface area contributed by atoms with Gasteiger partial charge >= 0.3 is 0 Å². The highest BCUT2D eigenvalue weighted by Gasteiger charge is 2.37. The molecular weight excluding hydrogens is 1010 g/mol. The van der Waals surface area contributed by atoms with Gasteiger partial charge in [-0.2, -0.15) is 0 Å². The van der Waals surface area contributed by atoms with Crippen LogP contribution in [0.15, 0.2) is 287 Å². The Kier molecular flexibility index (Phi) is 10.9. The molecule has 4 heterocycles. The minimum Gasteiger partial charge on any atom is -0.485 e. The van der Waals surface area contributed by atoms with E-state index >= 15 is 0 Å². The van der Waals surface area contributed by atoms with E-state index in [1.54, 1.807) is 0 Å². The fourth-order valence-electron chi connectivity index (χ4n) is 13.7. The van der Waals surface area contributed by atoms with Crippen molar-refractivity contribution in [2.45, 2.75) is 31.3 Å². The standard InChI is InChI=1S/C78H54N2O3/c1-5-22-71-63(16-1)64-17-2-6-23-72(64)80(71)61-15-10-13-53(45-61)50-28-37-59(38-29-50)79(58-35-26-49(27-36-58)52-12-9-14-57(44-52)62-20-11-21-67-65-18-3-8-25-74(65)83-78(62)67)60-39-30-51(31-40-60)54-32-41-76-69(46-54)70-48-56(34-43-77(70)82-76)55-33-42-75-68(47-55)66-19-4-7-24-73(66)81-75/h1,3-16,18-45,47-48,54,70,77H,2,17,46H2. The maximum Gasteiger partial charge on any atom is 0.143 e. The molecule has 0 spiro atoms. The molecule has 17 rings (SSSR count). The minimum atomic E-state index is -0.00720. The molecule has 0 saturated carbocycles. The van der Waals surface area contributed by atoms with Gasteiger partial charge in [0.1, 0.15) is 34.2 Å². The van der Waals surface area contributed by atoms with Gasteiger partial charge in [0, 0.05) is 72.8 Å². The Balaban J connectivity index is 0.688. The molecule has 4 aliphatic rings. The number of benzene rings is 10. The van der Waals surface area contributed by atoms with Crippen molar-refractivity contribution in [1.29, 1.82) is 0 Å². The third-order valence-electron chi connectivity index (χ3n) is 17.8. The van der Waals surface area contributed by atoms with Crippen LogP contribution in [0, 0.1) is 5.92 Å². The molecule has 0 saturated heterocycles. The predicted molar refractivity (Wildman–Crippen MR) is 342 cm³/mol. The topological polar surface area (TPSA) is 43.7 Å². The Labute approximate surface area is 480 Å². The van der Waals surface area contributed by atoms with Crippen molar-refractivity contribution in [3.8, 4) is 39.1 Å². The monoisotopic (exact) mass is 1070 g/mol. The molecule has 0 N–H and O–H groups in total. The molecule has 0 bridgehead atoms. The summed E-state index contributed by atoms with van der Waals surface area (Å²) in [7, 11) is 0. The fourth-order valence-corrected chi connectivity index (χ4v) is 13.7. The van der Waals surface area contributed by atoms with Crippen molar-refractivity contribution in [2.75, 3.05) is 4.90 Å². The van der Waals surface area contributed by atoms with Crippen LogP contribution in [0.2, 0.25) is 0 Å². The zero-order valence-corrected chi connectivity index (χ0v) is 45.5. The van der Waals surface area contributed by atoms with Crippen LogP contribution in [0.5, 0.6) is 0 Å². The van der Waals surface area contributed by atoms with Crippen LogP contribution in [0.4, 0.5) is 17.1 Å². The smallest absolute Gasteiger partial charge is 0.143 e. The molecular formula is C78H54N2O3. The number of anilines is 3. The first kappa shape index (κ1) is 47.4. The van der Waals surface area contributed by atoms with Crippen LogP contribution in [0.3, 0.4) is 0 Å². The van der Waals surface area contributed by atoms with Crippen molar-refractivity contribution >= 4 is 83.5 Å². The van der Waals surface area contributed by atoms with Gasteiger partial charge in [0.2, 0.25) is 0 Å². The number of furan rings is 2.